The molecule has 0 amide bonds. The number of esters is 1. The van der Waals surface area contributed by atoms with Crippen LogP contribution in [-0.2, 0) is 4.74 Å². The highest BCUT2D eigenvalue weighted by atomic mass is 19.1. The molecule has 1 N–H and O–H groups in total. The number of nitrogens with zero attached hydrogens (tertiary/aromatic N) is 2. The third-order valence-electron chi connectivity index (χ3n) is 2.57. The number of rotatable bonds is 4. The lowest BCUT2D eigenvalue weighted by Gasteiger charge is -2.08. The first kappa shape index (κ1) is 13.7. The lowest BCUT2D eigenvalue weighted by atomic mass is 10.0. The lowest BCUT2D eigenvalue weighted by Crippen LogP contribution is -2.08. The first-order valence-corrected chi connectivity index (χ1v) is 5.68. The van der Waals surface area contributed by atoms with E-state index in [2.05, 4.69) is 10.2 Å². The van der Waals surface area contributed by atoms with Crippen LogP contribution in [0.25, 0.3) is 11.1 Å². The fraction of sp³-hybridized carbons (Fsp3) is 0.167. The number of carbonyl (C=O) groups is 1. The SMILES string of the molecule is CCOC(=O)c1cc([N+](=O)[O-])cc(F)c1-c1cn[nH]c1. The molecule has 0 aliphatic carbocycles. The second-order valence-corrected chi connectivity index (χ2v) is 3.81. The Hall–Kier alpha value is -2.77. The van der Waals surface area contributed by atoms with Crippen molar-refractivity contribution in [3.05, 3.63) is 46.0 Å². The Labute approximate surface area is 112 Å². The van der Waals surface area contributed by atoms with Gasteiger partial charge < -0.3 is 4.74 Å². The zero-order chi connectivity index (χ0) is 14.7. The van der Waals surface area contributed by atoms with E-state index in [1.165, 1.54) is 12.4 Å². The first-order valence-electron chi connectivity index (χ1n) is 5.68. The van der Waals surface area contributed by atoms with Gasteiger partial charge >= 0.3 is 5.97 Å². The van der Waals surface area contributed by atoms with E-state index in [1.807, 2.05) is 0 Å². The monoisotopic (exact) mass is 279 g/mol. The number of halogens is 1. The van der Waals surface area contributed by atoms with E-state index >= 15 is 0 Å². The van der Waals surface area contributed by atoms with Gasteiger partial charge in [0.2, 0.25) is 0 Å². The number of benzene rings is 1. The highest BCUT2D eigenvalue weighted by molar-refractivity contribution is 5.98. The smallest absolute Gasteiger partial charge is 0.339 e. The zero-order valence-corrected chi connectivity index (χ0v) is 10.4. The number of hydrogen-bond acceptors (Lipinski definition) is 5. The average Bonchev–Trinajstić information content (AvgIpc) is 2.91. The van der Waals surface area contributed by atoms with Gasteiger partial charge in [-0.05, 0) is 6.92 Å². The molecule has 0 saturated heterocycles. The van der Waals surface area contributed by atoms with Gasteiger partial charge in [-0.3, -0.25) is 15.2 Å². The van der Waals surface area contributed by atoms with Crippen LogP contribution < -0.4 is 0 Å². The van der Waals surface area contributed by atoms with Crippen LogP contribution in [0.5, 0.6) is 0 Å². The predicted molar refractivity (Wildman–Crippen MR) is 66.6 cm³/mol. The second-order valence-electron chi connectivity index (χ2n) is 3.81. The fourth-order valence-electron chi connectivity index (χ4n) is 1.75. The van der Waals surface area contributed by atoms with Gasteiger partial charge in [-0.1, -0.05) is 0 Å². The number of aromatic nitrogens is 2. The summed E-state index contributed by atoms with van der Waals surface area (Å²) in [6.07, 6.45) is 2.69. The number of non-ortho nitro benzene ring substituents is 1. The molecule has 0 spiro atoms. The minimum atomic E-state index is -0.886. The van der Waals surface area contributed by atoms with Crippen molar-refractivity contribution < 1.29 is 18.8 Å². The Morgan fingerprint density at radius 2 is 2.30 bits per heavy atom. The highest BCUT2D eigenvalue weighted by Crippen LogP contribution is 2.30. The summed E-state index contributed by atoms with van der Waals surface area (Å²) >= 11 is 0. The molecule has 0 atom stereocenters. The molecule has 0 radical (unpaired) electrons. The topological polar surface area (TPSA) is 98.1 Å². The Morgan fingerprint density at radius 1 is 1.55 bits per heavy atom. The van der Waals surface area contributed by atoms with Gasteiger partial charge in [0, 0.05) is 23.4 Å². The first-order chi connectivity index (χ1) is 9.54. The summed E-state index contributed by atoms with van der Waals surface area (Å²) in [6.45, 7) is 1.66. The summed E-state index contributed by atoms with van der Waals surface area (Å²) in [6, 6.07) is 1.74. The maximum atomic E-state index is 14.1. The summed E-state index contributed by atoms with van der Waals surface area (Å²) < 4.78 is 18.9. The van der Waals surface area contributed by atoms with Crippen LogP contribution in [0.15, 0.2) is 24.5 Å². The number of ether oxygens (including phenoxy) is 1. The Morgan fingerprint density at radius 3 is 2.85 bits per heavy atom. The Balaban J connectivity index is 2.65. The number of H-pyrrole nitrogens is 1. The quantitative estimate of drug-likeness (QED) is 0.526. The minimum absolute atomic E-state index is 0.0774. The average molecular weight is 279 g/mol. The van der Waals surface area contributed by atoms with Crippen LogP contribution in [0.4, 0.5) is 10.1 Å². The van der Waals surface area contributed by atoms with Crippen LogP contribution in [-0.4, -0.2) is 27.7 Å². The molecule has 0 aliphatic heterocycles. The molecule has 2 aromatic rings. The summed E-state index contributed by atoms with van der Waals surface area (Å²) in [5, 5.41) is 16.9. The van der Waals surface area contributed by atoms with E-state index in [-0.39, 0.29) is 17.7 Å². The number of nitrogens with one attached hydrogen (secondary N) is 1. The van der Waals surface area contributed by atoms with E-state index in [0.717, 1.165) is 12.1 Å². The van der Waals surface area contributed by atoms with Crippen LogP contribution >= 0.6 is 0 Å². The molecule has 1 aromatic carbocycles. The molecule has 0 bridgehead atoms. The molecule has 1 heterocycles. The number of hydrogen-bond donors (Lipinski definition) is 1. The summed E-state index contributed by atoms with van der Waals surface area (Å²) in [7, 11) is 0. The fourth-order valence-corrected chi connectivity index (χ4v) is 1.75. The van der Waals surface area contributed by atoms with Crippen LogP contribution in [0, 0.1) is 15.9 Å². The molecule has 0 aliphatic rings. The van der Waals surface area contributed by atoms with E-state index in [0.29, 0.717) is 5.56 Å². The van der Waals surface area contributed by atoms with Crippen molar-refractivity contribution >= 4 is 11.7 Å². The second kappa shape index (κ2) is 5.47. The predicted octanol–water partition coefficient (Wildman–Crippen LogP) is 2.30. The molecule has 8 heteroatoms. The summed E-state index contributed by atoms with van der Waals surface area (Å²) in [5.74, 6) is -1.71. The summed E-state index contributed by atoms with van der Waals surface area (Å²) in [4.78, 5) is 21.8. The van der Waals surface area contributed by atoms with Gasteiger partial charge in [0.1, 0.15) is 5.82 Å². The molecule has 2 rings (SSSR count). The molecule has 0 fully saturated rings. The van der Waals surface area contributed by atoms with Crippen molar-refractivity contribution in [3.8, 4) is 11.1 Å². The van der Waals surface area contributed by atoms with Crippen molar-refractivity contribution in [1.29, 1.82) is 0 Å². The third kappa shape index (κ3) is 2.48. The number of carbonyl (C=O) groups excluding carboxylic acids is 1. The standard InChI is InChI=1S/C12H10FN3O4/c1-2-20-12(17)9-3-8(16(18)19)4-10(13)11(9)7-5-14-15-6-7/h3-6H,2H2,1H3,(H,14,15). The van der Waals surface area contributed by atoms with Gasteiger partial charge in [-0.15, -0.1) is 0 Å². The van der Waals surface area contributed by atoms with E-state index in [4.69, 9.17) is 4.74 Å². The van der Waals surface area contributed by atoms with Crippen LogP contribution in [0.3, 0.4) is 0 Å². The summed E-state index contributed by atoms with van der Waals surface area (Å²) in [5.41, 5.74) is -0.499. The lowest BCUT2D eigenvalue weighted by molar-refractivity contribution is -0.385. The molecular weight excluding hydrogens is 269 g/mol. The van der Waals surface area contributed by atoms with E-state index in [9.17, 15) is 19.3 Å². The molecule has 0 unspecified atom stereocenters. The van der Waals surface area contributed by atoms with Crippen molar-refractivity contribution in [2.45, 2.75) is 6.92 Å². The molecule has 20 heavy (non-hydrogen) atoms. The molecule has 0 saturated carbocycles. The normalized spacial score (nSPS) is 10.3. The maximum Gasteiger partial charge on any atom is 0.339 e. The van der Waals surface area contributed by atoms with Crippen molar-refractivity contribution in [1.82, 2.24) is 10.2 Å². The van der Waals surface area contributed by atoms with Gasteiger partial charge in [0.25, 0.3) is 5.69 Å². The number of aromatic amines is 1. The van der Waals surface area contributed by atoms with Gasteiger partial charge in [0.05, 0.1) is 29.4 Å². The van der Waals surface area contributed by atoms with Gasteiger partial charge in [0.15, 0.2) is 0 Å². The molecule has 7 nitrogen and oxygen atoms in total. The highest BCUT2D eigenvalue weighted by Gasteiger charge is 2.23. The molecule has 1 aromatic heterocycles. The van der Waals surface area contributed by atoms with Gasteiger partial charge in [-0.25, -0.2) is 9.18 Å². The van der Waals surface area contributed by atoms with Gasteiger partial charge in [-0.2, -0.15) is 5.10 Å². The Kier molecular flexibility index (Phi) is 3.74. The molecular formula is C12H10FN3O4. The Bertz CT molecular complexity index is 655. The zero-order valence-electron chi connectivity index (χ0n) is 10.4. The van der Waals surface area contributed by atoms with Crippen molar-refractivity contribution in [3.63, 3.8) is 0 Å². The minimum Gasteiger partial charge on any atom is -0.462 e. The maximum absolute atomic E-state index is 14.1. The van der Waals surface area contributed by atoms with Crippen molar-refractivity contribution in [2.75, 3.05) is 6.61 Å². The van der Waals surface area contributed by atoms with Crippen molar-refractivity contribution in [2.24, 2.45) is 0 Å². The number of nitro groups is 1. The van der Waals surface area contributed by atoms with E-state index < -0.39 is 22.4 Å². The molecule has 104 valence electrons. The third-order valence-corrected chi connectivity index (χ3v) is 2.57. The number of nitro benzene ring substituents is 1. The largest absolute Gasteiger partial charge is 0.462 e. The van der Waals surface area contributed by atoms with E-state index in [1.54, 1.807) is 6.92 Å². The van der Waals surface area contributed by atoms with Crippen LogP contribution in [0.2, 0.25) is 0 Å². The van der Waals surface area contributed by atoms with Crippen LogP contribution in [0.1, 0.15) is 17.3 Å².